The van der Waals surface area contributed by atoms with Crippen LogP contribution in [0.25, 0.3) is 11.1 Å². The van der Waals surface area contributed by atoms with Crippen molar-refractivity contribution < 1.29 is 25.2 Å². The Morgan fingerprint density at radius 2 is 1.04 bits per heavy atom. The van der Waals surface area contributed by atoms with Gasteiger partial charge in [-0.25, -0.2) is 0 Å². The second-order valence-electron chi connectivity index (χ2n) is 14.4. The predicted molar refractivity (Wildman–Crippen MR) is 241 cm³/mol. The third-order valence-corrected chi connectivity index (χ3v) is 16.4. The first kappa shape index (κ1) is 53.9. The molecule has 54 heavy (non-hydrogen) atoms. The first-order valence-corrected chi connectivity index (χ1v) is 24.6. The van der Waals surface area contributed by atoms with Crippen molar-refractivity contribution in [1.82, 2.24) is 0 Å². The van der Waals surface area contributed by atoms with Gasteiger partial charge >= 0.3 is 26.3 Å². The Kier molecular flexibility index (Phi) is 36.3. The van der Waals surface area contributed by atoms with E-state index in [2.05, 4.69) is 126 Å². The van der Waals surface area contributed by atoms with Crippen molar-refractivity contribution in [3.63, 3.8) is 0 Å². The molecule has 0 aliphatic heterocycles. The SMILES string of the molecule is CCCCCCCCCCCCCC#CC(C(=C=[N+]=[N-])CCCC)=C(c1ccc(CCCC)cc1)c1ccc(C[Si](CC)(CC)CC)cc1.[CH2-]C.[CH2-]C.[Pd+2]. The van der Waals surface area contributed by atoms with Crippen LogP contribution < -0.4 is 0 Å². The number of unbranched alkanes of at least 4 members (excludes halogenated alkanes) is 13. The number of allylic oxidation sites excluding steroid dienone is 2. The molecule has 0 fully saturated rings. The maximum absolute atomic E-state index is 9.75. The van der Waals surface area contributed by atoms with E-state index in [1.165, 1.54) is 123 Å². The molecule has 2 nitrogen and oxygen atoms in total. The van der Waals surface area contributed by atoms with Crippen molar-refractivity contribution in [2.75, 3.05) is 0 Å². The Hall–Kier alpha value is -2.22. The molecule has 2 aromatic carbocycles. The molecular weight excluding hydrogens is 763 g/mol. The van der Waals surface area contributed by atoms with Crippen LogP contribution >= 0.6 is 0 Å². The van der Waals surface area contributed by atoms with E-state index in [1.54, 1.807) is 13.8 Å². The summed E-state index contributed by atoms with van der Waals surface area (Å²) < 4.78 is 0. The van der Waals surface area contributed by atoms with E-state index in [4.69, 9.17) is 0 Å². The molecule has 0 aliphatic carbocycles. The number of rotatable bonds is 25. The van der Waals surface area contributed by atoms with E-state index in [1.807, 2.05) is 0 Å². The van der Waals surface area contributed by atoms with Gasteiger partial charge in [-0.05, 0) is 54.8 Å². The average Bonchev–Trinajstić information content (AvgIpc) is 3.21. The Labute approximate surface area is 351 Å². The topological polar surface area (TPSA) is 36.4 Å². The van der Waals surface area contributed by atoms with Crippen LogP contribution in [0.5, 0.6) is 0 Å². The summed E-state index contributed by atoms with van der Waals surface area (Å²) in [6, 6.07) is 23.7. The standard InChI is InChI=1S/C46H70N2Si.2C2H5.Pd/c1-7-13-16-17-18-19-20-21-22-23-24-25-26-29-45(44(38-48-47)28-15-9-3)46(42-34-30-40(31-35-42)27-14-8-2)43-36-32-41(33-37-43)39-49(10-4,11-5)12-6;2*1-2;/h30-37H,7-25,27-28,39H2,1-6H3;2*1H2,2H3;/q;2*-1;+2. The molecule has 4 heteroatoms. The van der Waals surface area contributed by atoms with Crippen LogP contribution in [-0.2, 0) is 32.9 Å². The molecule has 0 aliphatic rings. The fourth-order valence-electron chi connectivity index (χ4n) is 6.99. The maximum atomic E-state index is 9.75. The van der Waals surface area contributed by atoms with Gasteiger partial charge in [0.1, 0.15) is 0 Å². The molecular formula is C50H80N2PdSi. The van der Waals surface area contributed by atoms with Gasteiger partial charge in [0.05, 0.1) is 19.2 Å². The van der Waals surface area contributed by atoms with Crippen LogP contribution in [0.2, 0.25) is 18.1 Å². The summed E-state index contributed by atoms with van der Waals surface area (Å²) in [5, 5.41) is 0. The fourth-order valence-corrected chi connectivity index (χ4v) is 10.3. The molecule has 0 amide bonds. The molecule has 0 aromatic heterocycles. The summed E-state index contributed by atoms with van der Waals surface area (Å²) in [5.41, 5.74) is 17.9. The van der Waals surface area contributed by atoms with Crippen molar-refractivity contribution in [2.45, 2.75) is 195 Å². The first-order valence-electron chi connectivity index (χ1n) is 21.8. The molecule has 0 saturated carbocycles. The van der Waals surface area contributed by atoms with Gasteiger partial charge in [0.2, 0.25) is 0 Å². The van der Waals surface area contributed by atoms with E-state index in [0.717, 1.165) is 55.2 Å². The maximum Gasteiger partial charge on any atom is 2.00 e. The Morgan fingerprint density at radius 1 is 0.593 bits per heavy atom. The van der Waals surface area contributed by atoms with Crippen LogP contribution in [-0.4, -0.2) is 18.7 Å². The Balaban J connectivity index is 0. The van der Waals surface area contributed by atoms with Gasteiger partial charge in [0.25, 0.3) is 0 Å². The second-order valence-corrected chi connectivity index (χ2v) is 19.8. The average molecular weight is 844 g/mol. The number of hydrogen-bond acceptors (Lipinski definition) is 0. The summed E-state index contributed by atoms with van der Waals surface area (Å²) >= 11 is 0. The van der Waals surface area contributed by atoms with Gasteiger partial charge in [0, 0.05) is 12.0 Å². The number of nitrogens with zero attached hydrogens (tertiary/aromatic N) is 2. The molecule has 0 bridgehead atoms. The summed E-state index contributed by atoms with van der Waals surface area (Å²) in [7, 11) is -1.28. The molecule has 0 N–H and O–H groups in total. The third-order valence-electron chi connectivity index (χ3n) is 10.8. The van der Waals surface area contributed by atoms with Gasteiger partial charge in [-0.2, -0.15) is 13.8 Å². The van der Waals surface area contributed by atoms with Crippen LogP contribution in [0, 0.1) is 25.7 Å². The minimum atomic E-state index is -1.28. The largest absolute Gasteiger partial charge is 2.00 e. The van der Waals surface area contributed by atoms with E-state index in [0.29, 0.717) is 0 Å². The summed E-state index contributed by atoms with van der Waals surface area (Å²) in [4.78, 5) is 3.44. The van der Waals surface area contributed by atoms with E-state index >= 15 is 0 Å². The van der Waals surface area contributed by atoms with Crippen LogP contribution in [0.1, 0.15) is 187 Å². The van der Waals surface area contributed by atoms with Gasteiger partial charge in [-0.15, -0.1) is 4.79 Å². The van der Waals surface area contributed by atoms with Gasteiger partial charge in [0.15, 0.2) is 0 Å². The van der Waals surface area contributed by atoms with Crippen molar-refractivity contribution in [3.8, 4) is 11.8 Å². The zero-order chi connectivity index (χ0) is 39.6. The zero-order valence-electron chi connectivity index (χ0n) is 36.3. The molecule has 0 radical (unpaired) electrons. The minimum Gasteiger partial charge on any atom is -0.348 e. The zero-order valence-corrected chi connectivity index (χ0v) is 38.9. The van der Waals surface area contributed by atoms with Gasteiger partial charge in [-0.3, -0.25) is 0 Å². The predicted octanol–water partition coefficient (Wildman–Crippen LogP) is 15.8. The monoisotopic (exact) mass is 843 g/mol. The number of benzene rings is 2. The number of aryl methyl sites for hydroxylation is 1. The van der Waals surface area contributed by atoms with E-state index in [-0.39, 0.29) is 20.4 Å². The normalized spacial score (nSPS) is 10.9. The van der Waals surface area contributed by atoms with Crippen molar-refractivity contribution in [2.24, 2.45) is 0 Å². The van der Waals surface area contributed by atoms with E-state index in [9.17, 15) is 5.53 Å². The van der Waals surface area contributed by atoms with Crippen molar-refractivity contribution >= 4 is 19.5 Å². The molecule has 0 atom stereocenters. The summed E-state index contributed by atoms with van der Waals surface area (Å²) in [6.45, 7) is 23.9. The van der Waals surface area contributed by atoms with E-state index < -0.39 is 8.07 Å². The minimum absolute atomic E-state index is 0. The van der Waals surface area contributed by atoms with Crippen LogP contribution in [0.4, 0.5) is 0 Å². The van der Waals surface area contributed by atoms with Crippen molar-refractivity contribution in [3.05, 3.63) is 101 Å². The van der Waals surface area contributed by atoms with Crippen LogP contribution in [0.3, 0.4) is 0 Å². The quantitative estimate of drug-likeness (QED) is 0.0140. The smallest absolute Gasteiger partial charge is 0.348 e. The molecule has 2 rings (SSSR count). The molecule has 2 aromatic rings. The molecule has 0 unspecified atom stereocenters. The summed E-state index contributed by atoms with van der Waals surface area (Å²) in [6.07, 6.45) is 21.9. The Bertz CT molecular complexity index is 1350. The summed E-state index contributed by atoms with van der Waals surface area (Å²) in [5.74, 6) is 10.2. The fraction of sp³-hybridized carbons (Fsp3) is 0.600. The second kappa shape index (κ2) is 36.4. The molecule has 0 heterocycles. The van der Waals surface area contributed by atoms with Gasteiger partial charge < -0.3 is 19.4 Å². The Morgan fingerprint density at radius 3 is 1.48 bits per heavy atom. The number of hydrogen-bond donors (Lipinski definition) is 0. The molecule has 0 saturated heterocycles. The van der Waals surface area contributed by atoms with Gasteiger partial charge in [-0.1, -0.05) is 203 Å². The molecule has 0 spiro atoms. The van der Waals surface area contributed by atoms with Crippen molar-refractivity contribution in [1.29, 1.82) is 0 Å². The first-order chi connectivity index (χ1) is 26.0. The van der Waals surface area contributed by atoms with Crippen LogP contribution in [0.15, 0.2) is 59.7 Å². The third kappa shape index (κ3) is 21.8. The molecule has 304 valence electrons.